The fourth-order valence-electron chi connectivity index (χ4n) is 0.966. The molecule has 1 aromatic rings. The summed E-state index contributed by atoms with van der Waals surface area (Å²) in [7, 11) is 0. The van der Waals surface area contributed by atoms with Gasteiger partial charge in [-0.1, -0.05) is 30.3 Å². The molecule has 0 spiro atoms. The van der Waals surface area contributed by atoms with Gasteiger partial charge in [-0.05, 0) is 5.56 Å². The predicted molar refractivity (Wildman–Crippen MR) is 47.7 cm³/mol. The molecule has 0 unspecified atom stereocenters. The van der Waals surface area contributed by atoms with Gasteiger partial charge in [0, 0.05) is 12.1 Å². The summed E-state index contributed by atoms with van der Waals surface area (Å²) in [6.45, 7) is 0.334. The van der Waals surface area contributed by atoms with Crippen LogP contribution in [0.15, 0.2) is 36.7 Å². The van der Waals surface area contributed by atoms with Crippen molar-refractivity contribution >= 4 is 5.57 Å². The molecule has 0 saturated carbocycles. The van der Waals surface area contributed by atoms with Gasteiger partial charge in [0.15, 0.2) is 0 Å². The number of hydrazine groups is 1. The predicted octanol–water partition coefficient (Wildman–Crippen LogP) is 1.46. The van der Waals surface area contributed by atoms with E-state index in [1.54, 1.807) is 0 Å². The van der Waals surface area contributed by atoms with Gasteiger partial charge < -0.3 is 0 Å². The number of rotatable bonds is 3. The van der Waals surface area contributed by atoms with Crippen molar-refractivity contribution < 1.29 is 4.39 Å². The molecule has 0 saturated heterocycles. The van der Waals surface area contributed by atoms with Gasteiger partial charge in [0.2, 0.25) is 0 Å². The van der Waals surface area contributed by atoms with Crippen molar-refractivity contribution in [2.24, 2.45) is 5.84 Å². The van der Waals surface area contributed by atoms with Gasteiger partial charge in [-0.2, -0.15) is 0 Å². The molecule has 3 N–H and O–H groups in total. The van der Waals surface area contributed by atoms with Gasteiger partial charge >= 0.3 is 0 Å². The van der Waals surface area contributed by atoms with E-state index in [4.69, 9.17) is 5.84 Å². The lowest BCUT2D eigenvalue weighted by Crippen LogP contribution is -2.23. The highest BCUT2D eigenvalue weighted by Crippen LogP contribution is 2.12. The lowest BCUT2D eigenvalue weighted by molar-refractivity contribution is 0.714. The van der Waals surface area contributed by atoms with Crippen LogP contribution in [-0.2, 0) is 0 Å². The Bertz CT molecular complexity index is 256. The molecule has 12 heavy (non-hydrogen) atoms. The highest BCUT2D eigenvalue weighted by molar-refractivity contribution is 5.65. The van der Waals surface area contributed by atoms with Crippen molar-refractivity contribution in [2.45, 2.75) is 0 Å². The molecular formula is C9H11FN2. The lowest BCUT2D eigenvalue weighted by atomic mass is 10.1. The van der Waals surface area contributed by atoms with Crippen molar-refractivity contribution in [3.8, 4) is 0 Å². The number of benzene rings is 1. The largest absolute Gasteiger partial charge is 0.271 e. The summed E-state index contributed by atoms with van der Waals surface area (Å²) in [4.78, 5) is 0. The Kier molecular flexibility index (Phi) is 3.44. The van der Waals surface area contributed by atoms with Crippen LogP contribution in [0.1, 0.15) is 5.56 Å². The van der Waals surface area contributed by atoms with Crippen LogP contribution in [0.4, 0.5) is 4.39 Å². The molecule has 1 aromatic carbocycles. The summed E-state index contributed by atoms with van der Waals surface area (Å²) in [6, 6.07) is 9.27. The van der Waals surface area contributed by atoms with Crippen LogP contribution in [0.2, 0.25) is 0 Å². The van der Waals surface area contributed by atoms with Gasteiger partial charge in [0.1, 0.15) is 0 Å². The average Bonchev–Trinajstić information content (AvgIpc) is 2.15. The van der Waals surface area contributed by atoms with Crippen LogP contribution in [0, 0.1) is 0 Å². The van der Waals surface area contributed by atoms with E-state index in [1.807, 2.05) is 30.3 Å². The first kappa shape index (κ1) is 8.90. The quantitative estimate of drug-likeness (QED) is 0.527. The zero-order chi connectivity index (χ0) is 8.81. The third kappa shape index (κ3) is 2.15. The fraction of sp³-hybridized carbons (Fsp3) is 0.111. The maximum Gasteiger partial charge on any atom is 0.0918 e. The highest BCUT2D eigenvalue weighted by Gasteiger charge is 1.98. The maximum absolute atomic E-state index is 12.3. The molecule has 0 aliphatic rings. The Hall–Kier alpha value is -1.19. The van der Waals surface area contributed by atoms with Crippen LogP contribution >= 0.6 is 0 Å². The molecule has 0 heterocycles. The first-order valence-corrected chi connectivity index (χ1v) is 3.66. The second-order valence-electron chi connectivity index (χ2n) is 2.38. The van der Waals surface area contributed by atoms with Crippen LogP contribution in [0.25, 0.3) is 5.57 Å². The van der Waals surface area contributed by atoms with Gasteiger partial charge in [0.05, 0.1) is 6.33 Å². The topological polar surface area (TPSA) is 38.0 Å². The first-order chi connectivity index (χ1) is 5.88. The van der Waals surface area contributed by atoms with Crippen molar-refractivity contribution in [1.82, 2.24) is 5.43 Å². The molecule has 0 atom stereocenters. The Labute approximate surface area is 70.9 Å². The Morgan fingerprint density at radius 1 is 1.42 bits per heavy atom. The summed E-state index contributed by atoms with van der Waals surface area (Å²) in [5.41, 5.74) is 3.81. The molecule has 0 aliphatic carbocycles. The zero-order valence-corrected chi connectivity index (χ0v) is 6.63. The van der Waals surface area contributed by atoms with Crippen molar-refractivity contribution in [1.29, 1.82) is 0 Å². The smallest absolute Gasteiger partial charge is 0.0918 e. The van der Waals surface area contributed by atoms with Gasteiger partial charge in [0.25, 0.3) is 0 Å². The van der Waals surface area contributed by atoms with E-state index in [9.17, 15) is 4.39 Å². The normalized spacial score (nSPS) is 11.7. The Morgan fingerprint density at radius 3 is 2.58 bits per heavy atom. The van der Waals surface area contributed by atoms with Crippen LogP contribution in [0.5, 0.6) is 0 Å². The molecule has 0 aromatic heterocycles. The summed E-state index contributed by atoms with van der Waals surface area (Å²) < 4.78 is 12.3. The molecule has 3 heteroatoms. The number of hydrogen-bond acceptors (Lipinski definition) is 2. The third-order valence-corrected chi connectivity index (χ3v) is 1.57. The average molecular weight is 166 g/mol. The summed E-state index contributed by atoms with van der Waals surface area (Å²) in [5.74, 6) is 5.08. The van der Waals surface area contributed by atoms with E-state index in [-0.39, 0.29) is 0 Å². The molecule has 0 bridgehead atoms. The number of halogens is 1. The molecule has 1 rings (SSSR count). The van der Waals surface area contributed by atoms with Crippen LogP contribution < -0.4 is 11.3 Å². The molecule has 2 nitrogen and oxygen atoms in total. The maximum atomic E-state index is 12.3. The van der Waals surface area contributed by atoms with E-state index in [1.165, 1.54) is 0 Å². The first-order valence-electron chi connectivity index (χ1n) is 3.66. The summed E-state index contributed by atoms with van der Waals surface area (Å²) >= 11 is 0. The van der Waals surface area contributed by atoms with E-state index < -0.39 is 0 Å². The SMILES string of the molecule is NNC/C(=C/F)c1ccccc1. The van der Waals surface area contributed by atoms with Gasteiger partial charge in [-0.3, -0.25) is 11.3 Å². The van der Waals surface area contributed by atoms with E-state index in [0.717, 1.165) is 5.56 Å². The number of nitrogens with one attached hydrogen (secondary N) is 1. The number of nitrogens with two attached hydrogens (primary N) is 1. The molecule has 0 fully saturated rings. The minimum absolute atomic E-state index is 0.334. The molecule has 0 aliphatic heterocycles. The monoisotopic (exact) mass is 166 g/mol. The number of hydrogen-bond donors (Lipinski definition) is 2. The molecular weight excluding hydrogens is 155 g/mol. The van der Waals surface area contributed by atoms with E-state index in [2.05, 4.69) is 5.43 Å². The second-order valence-corrected chi connectivity index (χ2v) is 2.38. The minimum Gasteiger partial charge on any atom is -0.271 e. The third-order valence-electron chi connectivity index (χ3n) is 1.57. The van der Waals surface area contributed by atoms with Gasteiger partial charge in [-0.15, -0.1) is 0 Å². The van der Waals surface area contributed by atoms with E-state index >= 15 is 0 Å². The standard InChI is InChI=1S/C9H11FN2/c10-6-9(7-12-11)8-4-2-1-3-5-8/h1-6,12H,7,11H2/b9-6-. The van der Waals surface area contributed by atoms with E-state index in [0.29, 0.717) is 18.4 Å². The second kappa shape index (κ2) is 4.64. The highest BCUT2D eigenvalue weighted by atomic mass is 19.1. The Balaban J connectivity index is 2.82. The van der Waals surface area contributed by atoms with Crippen molar-refractivity contribution in [3.63, 3.8) is 0 Å². The van der Waals surface area contributed by atoms with Gasteiger partial charge in [-0.25, -0.2) is 4.39 Å². The minimum atomic E-state index is 0.334. The van der Waals surface area contributed by atoms with Crippen LogP contribution in [-0.4, -0.2) is 6.54 Å². The molecule has 0 amide bonds. The van der Waals surface area contributed by atoms with Crippen molar-refractivity contribution in [2.75, 3.05) is 6.54 Å². The summed E-state index contributed by atoms with van der Waals surface area (Å²) in [5, 5.41) is 0. The van der Waals surface area contributed by atoms with Crippen LogP contribution in [0.3, 0.4) is 0 Å². The Morgan fingerprint density at radius 2 is 2.08 bits per heavy atom. The molecule has 0 radical (unpaired) electrons. The summed E-state index contributed by atoms with van der Waals surface area (Å²) in [6.07, 6.45) is 0.565. The van der Waals surface area contributed by atoms with Crippen molar-refractivity contribution in [3.05, 3.63) is 42.2 Å². The fourth-order valence-corrected chi connectivity index (χ4v) is 0.966. The molecule has 64 valence electrons. The zero-order valence-electron chi connectivity index (χ0n) is 6.63. The lowest BCUT2D eigenvalue weighted by Gasteiger charge is -2.03.